The van der Waals surface area contributed by atoms with E-state index in [9.17, 15) is 9.90 Å². The third kappa shape index (κ3) is 4.86. The van der Waals surface area contributed by atoms with Crippen LogP contribution in [-0.2, 0) is 6.54 Å². The van der Waals surface area contributed by atoms with Crippen LogP contribution in [0.3, 0.4) is 0 Å². The van der Waals surface area contributed by atoms with Crippen LogP contribution in [0.1, 0.15) is 78.9 Å². The summed E-state index contributed by atoms with van der Waals surface area (Å²) in [4.78, 5) is 16.3. The first-order valence-electron chi connectivity index (χ1n) is 11.0. The highest BCUT2D eigenvalue weighted by atomic mass is 16.4. The van der Waals surface area contributed by atoms with Gasteiger partial charge in [0.1, 0.15) is 0 Å². The van der Waals surface area contributed by atoms with Crippen LogP contribution in [0.4, 0.5) is 0 Å². The Bertz CT molecular complexity index is 1110. The molecule has 0 aliphatic heterocycles. The molecule has 1 aliphatic carbocycles. The molecule has 1 fully saturated rings. The topological polar surface area (TPSA) is 68.0 Å². The maximum atomic E-state index is 11.5. The smallest absolute Gasteiger partial charge is 0.336 e. The fraction of sp³-hybridized carbons (Fsp3) is 0.346. The molecule has 1 aliphatic rings. The van der Waals surface area contributed by atoms with E-state index in [-0.39, 0.29) is 0 Å². The standard InChI is InChI=1S/C26H27N3O2/c1-2-3-13-24-27-25(21-9-5-4-6-10-21)28-29(24)18-19-14-16-20(17-15-19)22-11-7-8-12-23(22)26(30)31/h7-8,11-12,14-17,21H,2,4-6,9-10,18H2,1H3,(H,30,31). The molecule has 0 radical (unpaired) electrons. The molecule has 158 valence electrons. The predicted molar refractivity (Wildman–Crippen MR) is 121 cm³/mol. The molecule has 2 aromatic carbocycles. The average Bonchev–Trinajstić information content (AvgIpc) is 3.21. The number of carbonyl (C=O) groups is 1. The second kappa shape index (κ2) is 9.61. The summed E-state index contributed by atoms with van der Waals surface area (Å²) in [7, 11) is 0. The van der Waals surface area contributed by atoms with E-state index in [2.05, 4.69) is 11.8 Å². The van der Waals surface area contributed by atoms with Gasteiger partial charge in [0.15, 0.2) is 5.82 Å². The summed E-state index contributed by atoms with van der Waals surface area (Å²) in [5, 5.41) is 14.3. The molecule has 1 N–H and O–H groups in total. The van der Waals surface area contributed by atoms with Gasteiger partial charge < -0.3 is 5.11 Å². The molecule has 0 saturated heterocycles. The van der Waals surface area contributed by atoms with E-state index in [0.717, 1.165) is 47.6 Å². The molecule has 3 aromatic rings. The van der Waals surface area contributed by atoms with E-state index in [0.29, 0.717) is 18.0 Å². The Labute approximate surface area is 183 Å². The summed E-state index contributed by atoms with van der Waals surface area (Å²) in [5.74, 6) is 7.46. The lowest BCUT2D eigenvalue weighted by Gasteiger charge is -2.18. The minimum Gasteiger partial charge on any atom is -0.478 e. The van der Waals surface area contributed by atoms with Gasteiger partial charge in [0.25, 0.3) is 0 Å². The van der Waals surface area contributed by atoms with Gasteiger partial charge in [0.2, 0.25) is 5.82 Å². The second-order valence-corrected chi connectivity index (χ2v) is 7.99. The molecule has 0 unspecified atom stereocenters. The zero-order valence-corrected chi connectivity index (χ0v) is 17.8. The fourth-order valence-electron chi connectivity index (χ4n) is 4.15. The Morgan fingerprint density at radius 1 is 1.10 bits per heavy atom. The highest BCUT2D eigenvalue weighted by Crippen LogP contribution is 2.31. The van der Waals surface area contributed by atoms with Crippen molar-refractivity contribution in [3.8, 4) is 23.0 Å². The van der Waals surface area contributed by atoms with Crippen LogP contribution >= 0.6 is 0 Å². The van der Waals surface area contributed by atoms with Gasteiger partial charge in [-0.2, -0.15) is 5.10 Å². The van der Waals surface area contributed by atoms with E-state index >= 15 is 0 Å². The first kappa shape index (κ1) is 20.9. The normalized spacial score (nSPS) is 14.1. The molecule has 0 amide bonds. The number of nitrogens with zero attached hydrogens (tertiary/aromatic N) is 3. The number of hydrogen-bond acceptors (Lipinski definition) is 3. The van der Waals surface area contributed by atoms with Gasteiger partial charge in [0.05, 0.1) is 12.1 Å². The third-order valence-corrected chi connectivity index (χ3v) is 5.79. The lowest BCUT2D eigenvalue weighted by Crippen LogP contribution is -2.08. The summed E-state index contributed by atoms with van der Waals surface area (Å²) < 4.78 is 1.91. The lowest BCUT2D eigenvalue weighted by molar-refractivity contribution is 0.0697. The van der Waals surface area contributed by atoms with Gasteiger partial charge in [-0.3, -0.25) is 0 Å². The predicted octanol–water partition coefficient (Wildman–Crippen LogP) is 5.50. The molecule has 4 rings (SSSR count). The minimum absolute atomic E-state index is 0.306. The number of carboxylic acids is 1. The van der Waals surface area contributed by atoms with Crippen LogP contribution in [0.2, 0.25) is 0 Å². The summed E-state index contributed by atoms with van der Waals surface area (Å²) in [6, 6.07) is 15.0. The third-order valence-electron chi connectivity index (χ3n) is 5.79. The molecule has 0 atom stereocenters. The largest absolute Gasteiger partial charge is 0.478 e. The molecule has 5 heteroatoms. The van der Waals surface area contributed by atoms with Crippen molar-refractivity contribution < 1.29 is 9.90 Å². The van der Waals surface area contributed by atoms with Crippen LogP contribution in [0.15, 0.2) is 48.5 Å². The average molecular weight is 414 g/mol. The van der Waals surface area contributed by atoms with Crippen molar-refractivity contribution in [2.24, 2.45) is 0 Å². The van der Waals surface area contributed by atoms with Crippen LogP contribution in [-0.4, -0.2) is 25.8 Å². The number of rotatable bonds is 5. The molecule has 1 saturated carbocycles. The van der Waals surface area contributed by atoms with E-state index in [1.54, 1.807) is 12.1 Å². The van der Waals surface area contributed by atoms with Crippen molar-refractivity contribution in [2.45, 2.75) is 57.9 Å². The molecule has 1 aromatic heterocycles. The molecular formula is C26H27N3O2. The Kier molecular flexibility index (Phi) is 6.47. The first-order chi connectivity index (χ1) is 15.2. The van der Waals surface area contributed by atoms with Crippen molar-refractivity contribution in [1.82, 2.24) is 14.8 Å². The highest BCUT2D eigenvalue weighted by molar-refractivity contribution is 5.95. The maximum absolute atomic E-state index is 11.5. The van der Waals surface area contributed by atoms with E-state index < -0.39 is 5.97 Å². The Hall–Kier alpha value is -3.39. The van der Waals surface area contributed by atoms with Crippen LogP contribution in [0, 0.1) is 11.8 Å². The van der Waals surface area contributed by atoms with Gasteiger partial charge in [-0.1, -0.05) is 74.6 Å². The molecule has 5 nitrogen and oxygen atoms in total. The van der Waals surface area contributed by atoms with Gasteiger partial charge in [-0.25, -0.2) is 14.5 Å². The van der Waals surface area contributed by atoms with Gasteiger partial charge in [-0.15, -0.1) is 0 Å². The van der Waals surface area contributed by atoms with Crippen molar-refractivity contribution in [2.75, 3.05) is 0 Å². The summed E-state index contributed by atoms with van der Waals surface area (Å²) in [6.45, 7) is 2.62. The zero-order valence-electron chi connectivity index (χ0n) is 17.8. The summed E-state index contributed by atoms with van der Waals surface area (Å²) >= 11 is 0. The van der Waals surface area contributed by atoms with Gasteiger partial charge >= 0.3 is 5.97 Å². The number of aromatic carboxylic acids is 1. The van der Waals surface area contributed by atoms with Crippen molar-refractivity contribution in [3.05, 3.63) is 71.3 Å². The van der Waals surface area contributed by atoms with Crippen LogP contribution in [0.5, 0.6) is 0 Å². The van der Waals surface area contributed by atoms with E-state index in [4.69, 9.17) is 10.1 Å². The van der Waals surface area contributed by atoms with Crippen molar-refractivity contribution in [1.29, 1.82) is 0 Å². The number of benzene rings is 2. The van der Waals surface area contributed by atoms with Gasteiger partial charge in [-0.05, 0) is 41.5 Å². The highest BCUT2D eigenvalue weighted by Gasteiger charge is 2.21. The number of aromatic nitrogens is 3. The second-order valence-electron chi connectivity index (χ2n) is 7.99. The van der Waals surface area contributed by atoms with E-state index in [1.807, 2.05) is 48.0 Å². The lowest BCUT2D eigenvalue weighted by atomic mass is 9.89. The maximum Gasteiger partial charge on any atom is 0.336 e. The molecular weight excluding hydrogens is 386 g/mol. The van der Waals surface area contributed by atoms with Crippen LogP contribution in [0.25, 0.3) is 11.1 Å². The Balaban J connectivity index is 1.59. The molecule has 1 heterocycles. The Morgan fingerprint density at radius 2 is 1.84 bits per heavy atom. The number of carboxylic acid groups (broad SMARTS) is 1. The van der Waals surface area contributed by atoms with Crippen molar-refractivity contribution >= 4 is 5.97 Å². The minimum atomic E-state index is -0.920. The summed E-state index contributed by atoms with van der Waals surface area (Å²) in [5.41, 5.74) is 2.99. The summed E-state index contributed by atoms with van der Waals surface area (Å²) in [6.07, 6.45) is 6.88. The molecule has 0 spiro atoms. The zero-order chi connectivity index (χ0) is 21.6. The fourth-order valence-corrected chi connectivity index (χ4v) is 4.15. The Morgan fingerprint density at radius 3 is 2.55 bits per heavy atom. The van der Waals surface area contributed by atoms with E-state index in [1.165, 1.54) is 19.3 Å². The molecule has 0 bridgehead atoms. The monoisotopic (exact) mass is 413 g/mol. The molecule has 31 heavy (non-hydrogen) atoms. The van der Waals surface area contributed by atoms with Crippen LogP contribution < -0.4 is 0 Å². The van der Waals surface area contributed by atoms with Gasteiger partial charge in [0, 0.05) is 12.3 Å². The first-order valence-corrected chi connectivity index (χ1v) is 11.0. The number of hydrogen-bond donors (Lipinski definition) is 1. The van der Waals surface area contributed by atoms with Crippen molar-refractivity contribution in [3.63, 3.8) is 0 Å². The quantitative estimate of drug-likeness (QED) is 0.561. The SMILES string of the molecule is CCC#Cc1nc(C2CCCCC2)nn1Cc1ccc(-c2ccccc2C(=O)O)cc1.